The minimum Gasteiger partial charge on any atom is -0.323 e. The van der Waals surface area contributed by atoms with Crippen molar-refractivity contribution in [3.63, 3.8) is 0 Å². The number of nitrogens with zero attached hydrogens (tertiary/aromatic N) is 3. The molecule has 0 bridgehead atoms. The molecule has 1 aromatic carbocycles. The van der Waals surface area contributed by atoms with Crippen molar-refractivity contribution >= 4 is 11.6 Å². The average Bonchev–Trinajstić information content (AvgIpc) is 3.02. The lowest BCUT2D eigenvalue weighted by molar-refractivity contribution is 0.627. The summed E-state index contributed by atoms with van der Waals surface area (Å²) in [6.45, 7) is 0.264. The van der Waals surface area contributed by atoms with E-state index in [0.29, 0.717) is 22.2 Å². The van der Waals surface area contributed by atoms with Gasteiger partial charge in [-0.1, -0.05) is 11.6 Å². The Hall–Kier alpha value is -2.41. The Balaban J connectivity index is 2.01. The fourth-order valence-corrected chi connectivity index (χ4v) is 2.06. The SMILES string of the molecule is O=c1[nH]nc(Cn2ccnc2-c2cc(Cl)ccc2F)[nH]1. The maximum Gasteiger partial charge on any atom is 0.340 e. The second-order valence-electron chi connectivity index (χ2n) is 4.13. The summed E-state index contributed by atoms with van der Waals surface area (Å²) >= 11 is 5.88. The number of hydrogen-bond acceptors (Lipinski definition) is 3. The summed E-state index contributed by atoms with van der Waals surface area (Å²) in [5.41, 5.74) is -0.101. The van der Waals surface area contributed by atoms with Gasteiger partial charge in [-0.15, -0.1) is 0 Å². The van der Waals surface area contributed by atoms with Crippen molar-refractivity contribution in [1.82, 2.24) is 24.7 Å². The summed E-state index contributed by atoms with van der Waals surface area (Å²) in [5.74, 6) is 0.419. The van der Waals surface area contributed by atoms with Gasteiger partial charge < -0.3 is 4.57 Å². The van der Waals surface area contributed by atoms with E-state index >= 15 is 0 Å². The molecule has 3 rings (SSSR count). The molecule has 0 spiro atoms. The zero-order valence-electron chi connectivity index (χ0n) is 10.1. The normalized spacial score (nSPS) is 10.9. The van der Waals surface area contributed by atoms with Crippen molar-refractivity contribution in [1.29, 1.82) is 0 Å². The first-order valence-electron chi connectivity index (χ1n) is 5.73. The highest BCUT2D eigenvalue weighted by molar-refractivity contribution is 6.30. The molecule has 0 unspecified atom stereocenters. The molecule has 0 fully saturated rings. The number of nitrogens with one attached hydrogen (secondary N) is 2. The van der Waals surface area contributed by atoms with Crippen LogP contribution in [0.5, 0.6) is 0 Å². The summed E-state index contributed by atoms with van der Waals surface area (Å²) in [6.07, 6.45) is 3.21. The van der Waals surface area contributed by atoms with Gasteiger partial charge in [-0.2, -0.15) is 5.10 Å². The summed E-state index contributed by atoms with van der Waals surface area (Å²) in [7, 11) is 0. The molecule has 102 valence electrons. The molecule has 20 heavy (non-hydrogen) atoms. The van der Waals surface area contributed by atoms with E-state index in [4.69, 9.17) is 11.6 Å². The number of imidazole rings is 1. The largest absolute Gasteiger partial charge is 0.340 e. The number of aromatic amines is 2. The Kier molecular flexibility index (Phi) is 3.11. The number of halogens is 2. The zero-order chi connectivity index (χ0) is 14.1. The monoisotopic (exact) mass is 293 g/mol. The molecule has 2 heterocycles. The Labute approximate surface area is 117 Å². The van der Waals surface area contributed by atoms with Gasteiger partial charge in [-0.3, -0.25) is 4.98 Å². The molecule has 0 saturated heterocycles. The number of aromatic nitrogens is 5. The van der Waals surface area contributed by atoms with Gasteiger partial charge in [0.2, 0.25) is 0 Å². The topological polar surface area (TPSA) is 79.4 Å². The van der Waals surface area contributed by atoms with Crippen LogP contribution in [-0.4, -0.2) is 24.7 Å². The lowest BCUT2D eigenvalue weighted by Crippen LogP contribution is -2.05. The van der Waals surface area contributed by atoms with E-state index < -0.39 is 11.5 Å². The third-order valence-electron chi connectivity index (χ3n) is 2.76. The van der Waals surface area contributed by atoms with Gasteiger partial charge in [0.15, 0.2) is 5.82 Å². The summed E-state index contributed by atoms with van der Waals surface area (Å²) in [6, 6.07) is 4.26. The van der Waals surface area contributed by atoms with Crippen molar-refractivity contribution < 1.29 is 4.39 Å². The third-order valence-corrected chi connectivity index (χ3v) is 2.99. The Morgan fingerprint density at radius 3 is 3.00 bits per heavy atom. The molecule has 0 aliphatic heterocycles. The predicted molar refractivity (Wildman–Crippen MR) is 70.9 cm³/mol. The molecule has 0 radical (unpaired) electrons. The molecule has 2 aromatic heterocycles. The van der Waals surface area contributed by atoms with Crippen LogP contribution in [0.15, 0.2) is 35.4 Å². The van der Waals surface area contributed by atoms with E-state index in [-0.39, 0.29) is 6.54 Å². The van der Waals surface area contributed by atoms with E-state index in [9.17, 15) is 9.18 Å². The smallest absolute Gasteiger partial charge is 0.323 e. The molecule has 0 amide bonds. The first-order valence-corrected chi connectivity index (χ1v) is 6.11. The van der Waals surface area contributed by atoms with Crippen LogP contribution in [0.4, 0.5) is 4.39 Å². The fourth-order valence-electron chi connectivity index (χ4n) is 1.89. The Morgan fingerprint density at radius 2 is 2.25 bits per heavy atom. The summed E-state index contributed by atoms with van der Waals surface area (Å²) in [5, 5.41) is 6.50. The zero-order valence-corrected chi connectivity index (χ0v) is 10.9. The van der Waals surface area contributed by atoms with Crippen LogP contribution in [0.25, 0.3) is 11.4 Å². The maximum atomic E-state index is 13.9. The molecule has 0 saturated carbocycles. The van der Waals surface area contributed by atoms with Crippen LogP contribution >= 0.6 is 11.6 Å². The number of rotatable bonds is 3. The van der Waals surface area contributed by atoms with Gasteiger partial charge >= 0.3 is 5.69 Å². The van der Waals surface area contributed by atoms with E-state index in [1.54, 1.807) is 17.0 Å². The number of H-pyrrole nitrogens is 2. The van der Waals surface area contributed by atoms with Gasteiger partial charge in [-0.25, -0.2) is 19.3 Å². The van der Waals surface area contributed by atoms with Crippen LogP contribution in [0, 0.1) is 5.82 Å². The minimum absolute atomic E-state index is 0.264. The summed E-state index contributed by atoms with van der Waals surface area (Å²) in [4.78, 5) is 17.7. The second kappa shape index (κ2) is 4.93. The second-order valence-corrected chi connectivity index (χ2v) is 4.56. The Bertz CT molecular complexity index is 806. The molecule has 3 aromatic rings. The van der Waals surface area contributed by atoms with E-state index in [2.05, 4.69) is 20.2 Å². The van der Waals surface area contributed by atoms with Crippen LogP contribution in [0.2, 0.25) is 5.02 Å². The number of hydrogen-bond donors (Lipinski definition) is 2. The molecule has 0 aliphatic carbocycles. The number of benzene rings is 1. The van der Waals surface area contributed by atoms with Gasteiger partial charge in [0.05, 0.1) is 12.1 Å². The molecule has 8 heteroatoms. The lowest BCUT2D eigenvalue weighted by Gasteiger charge is -2.07. The first-order chi connectivity index (χ1) is 9.63. The fraction of sp³-hybridized carbons (Fsp3) is 0.0833. The van der Waals surface area contributed by atoms with Crippen molar-refractivity contribution in [3.8, 4) is 11.4 Å². The highest BCUT2D eigenvalue weighted by atomic mass is 35.5. The minimum atomic E-state index is -0.419. The van der Waals surface area contributed by atoms with Crippen LogP contribution in [0.1, 0.15) is 5.82 Å². The Morgan fingerprint density at radius 1 is 1.40 bits per heavy atom. The van der Waals surface area contributed by atoms with Crippen LogP contribution < -0.4 is 5.69 Å². The van der Waals surface area contributed by atoms with Gasteiger partial charge in [0.25, 0.3) is 0 Å². The third kappa shape index (κ3) is 2.35. The van der Waals surface area contributed by atoms with Gasteiger partial charge in [-0.05, 0) is 18.2 Å². The highest BCUT2D eigenvalue weighted by Crippen LogP contribution is 2.24. The van der Waals surface area contributed by atoms with Crippen LogP contribution in [-0.2, 0) is 6.54 Å². The molecule has 6 nitrogen and oxygen atoms in total. The summed E-state index contributed by atoms with van der Waals surface area (Å²) < 4.78 is 15.5. The highest BCUT2D eigenvalue weighted by Gasteiger charge is 2.13. The van der Waals surface area contributed by atoms with Crippen molar-refractivity contribution in [3.05, 3.63) is 57.7 Å². The molecule has 2 N–H and O–H groups in total. The van der Waals surface area contributed by atoms with E-state index in [1.807, 2.05) is 0 Å². The average molecular weight is 294 g/mol. The van der Waals surface area contributed by atoms with Crippen LogP contribution in [0.3, 0.4) is 0 Å². The standard InChI is InChI=1S/C12H9ClFN5O/c13-7-1-2-9(14)8(5-7)11-15-3-4-19(11)6-10-16-12(20)18-17-10/h1-5H,6H2,(H2,16,17,18,20). The lowest BCUT2D eigenvalue weighted by atomic mass is 10.2. The molecule has 0 aliphatic rings. The van der Waals surface area contributed by atoms with Gasteiger partial charge in [0.1, 0.15) is 11.6 Å². The molecular formula is C12H9ClFN5O. The quantitative estimate of drug-likeness (QED) is 0.773. The van der Waals surface area contributed by atoms with Crippen molar-refractivity contribution in [2.24, 2.45) is 0 Å². The van der Waals surface area contributed by atoms with Crippen molar-refractivity contribution in [2.75, 3.05) is 0 Å². The van der Waals surface area contributed by atoms with Crippen molar-refractivity contribution in [2.45, 2.75) is 6.54 Å². The maximum absolute atomic E-state index is 13.9. The molecule has 0 atom stereocenters. The predicted octanol–water partition coefficient (Wildman–Crippen LogP) is 1.80. The molecular weight excluding hydrogens is 285 g/mol. The van der Waals surface area contributed by atoms with E-state index in [1.165, 1.54) is 18.2 Å². The van der Waals surface area contributed by atoms with E-state index in [0.717, 1.165) is 0 Å². The first kappa shape index (κ1) is 12.6. The van der Waals surface area contributed by atoms with Gasteiger partial charge in [0, 0.05) is 17.4 Å².